The lowest BCUT2D eigenvalue weighted by molar-refractivity contribution is -0.0169. The normalized spacial score (nSPS) is 38.7. The summed E-state index contributed by atoms with van der Waals surface area (Å²) in [6.07, 6.45) is 8.27. The van der Waals surface area contributed by atoms with Gasteiger partial charge in [-0.05, 0) is 86.8 Å². The van der Waals surface area contributed by atoms with Crippen molar-refractivity contribution in [2.24, 2.45) is 23.7 Å². The van der Waals surface area contributed by atoms with Crippen LogP contribution in [0.4, 0.5) is 4.39 Å². The molecule has 1 nitrogen and oxygen atoms in total. The molecule has 1 atom stereocenters. The van der Waals surface area contributed by atoms with Crippen LogP contribution >= 0.6 is 0 Å². The topological polar surface area (TPSA) is 12.0 Å². The van der Waals surface area contributed by atoms with Crippen LogP contribution in [0.1, 0.15) is 44.6 Å². The number of benzene rings is 1. The van der Waals surface area contributed by atoms with Crippen molar-refractivity contribution in [1.82, 2.24) is 5.32 Å². The van der Waals surface area contributed by atoms with Crippen molar-refractivity contribution in [2.75, 3.05) is 0 Å². The Kier molecular flexibility index (Phi) is 3.53. The van der Waals surface area contributed by atoms with Gasteiger partial charge in [-0.3, -0.25) is 0 Å². The highest BCUT2D eigenvalue weighted by Crippen LogP contribution is 2.53. The van der Waals surface area contributed by atoms with E-state index in [2.05, 4.69) is 12.2 Å². The molecule has 0 heterocycles. The maximum Gasteiger partial charge on any atom is 0.123 e. The minimum absolute atomic E-state index is 0.116. The first-order chi connectivity index (χ1) is 10.2. The SMILES string of the molecule is CC(Cc1cccc(F)c1)NC1C2CC3CC(C2)CC1C3. The lowest BCUT2D eigenvalue weighted by Crippen LogP contribution is -2.56. The highest BCUT2D eigenvalue weighted by atomic mass is 19.1. The predicted octanol–water partition coefficient (Wildman–Crippen LogP) is 4.17. The van der Waals surface area contributed by atoms with Gasteiger partial charge in [0, 0.05) is 12.1 Å². The molecule has 0 amide bonds. The van der Waals surface area contributed by atoms with Gasteiger partial charge in [0.05, 0.1) is 0 Å². The predicted molar refractivity (Wildman–Crippen MR) is 83.5 cm³/mol. The number of rotatable bonds is 4. The number of halogens is 1. The van der Waals surface area contributed by atoms with Crippen LogP contribution in [0, 0.1) is 29.5 Å². The molecule has 4 aliphatic carbocycles. The van der Waals surface area contributed by atoms with Crippen molar-refractivity contribution in [2.45, 2.75) is 57.5 Å². The summed E-state index contributed by atoms with van der Waals surface area (Å²) >= 11 is 0. The van der Waals surface area contributed by atoms with Crippen LogP contribution in [0.15, 0.2) is 24.3 Å². The van der Waals surface area contributed by atoms with Gasteiger partial charge in [0.15, 0.2) is 0 Å². The van der Waals surface area contributed by atoms with Crippen molar-refractivity contribution in [3.8, 4) is 0 Å². The van der Waals surface area contributed by atoms with Crippen LogP contribution in [-0.2, 0) is 6.42 Å². The molecule has 0 aliphatic heterocycles. The Hall–Kier alpha value is -0.890. The summed E-state index contributed by atoms with van der Waals surface area (Å²) in [7, 11) is 0. The van der Waals surface area contributed by atoms with Gasteiger partial charge in [0.2, 0.25) is 0 Å². The average molecular weight is 287 g/mol. The molecule has 21 heavy (non-hydrogen) atoms. The largest absolute Gasteiger partial charge is 0.311 e. The van der Waals surface area contributed by atoms with Crippen LogP contribution < -0.4 is 5.32 Å². The van der Waals surface area contributed by atoms with Gasteiger partial charge in [-0.2, -0.15) is 0 Å². The summed E-state index contributed by atoms with van der Waals surface area (Å²) in [6.45, 7) is 2.26. The second-order valence-corrected chi connectivity index (χ2v) is 7.86. The molecule has 114 valence electrons. The van der Waals surface area contributed by atoms with Crippen LogP contribution in [0.5, 0.6) is 0 Å². The molecule has 4 aliphatic rings. The third kappa shape index (κ3) is 2.75. The molecule has 1 aromatic carbocycles. The number of hydrogen-bond acceptors (Lipinski definition) is 1. The fraction of sp³-hybridized carbons (Fsp3) is 0.684. The maximum atomic E-state index is 13.3. The molecule has 1 aromatic rings. The molecule has 1 unspecified atom stereocenters. The standard InChI is InChI=1S/C19H26FN/c1-12(5-13-3-2-4-18(20)11-13)21-19-16-7-14-6-15(9-16)10-17(19)8-14/h2-4,11-12,14-17,19,21H,5-10H2,1H3. The number of hydrogen-bond donors (Lipinski definition) is 1. The van der Waals surface area contributed by atoms with Gasteiger partial charge >= 0.3 is 0 Å². The Bertz CT molecular complexity index is 484. The van der Waals surface area contributed by atoms with E-state index in [4.69, 9.17) is 0 Å². The molecule has 1 N–H and O–H groups in total. The van der Waals surface area contributed by atoms with Crippen molar-refractivity contribution in [1.29, 1.82) is 0 Å². The van der Waals surface area contributed by atoms with E-state index in [1.807, 2.05) is 12.1 Å². The van der Waals surface area contributed by atoms with Crippen molar-refractivity contribution in [3.05, 3.63) is 35.6 Å². The molecule has 0 spiro atoms. The minimum Gasteiger partial charge on any atom is -0.311 e. The maximum absolute atomic E-state index is 13.3. The molecule has 0 aromatic heterocycles. The second-order valence-electron chi connectivity index (χ2n) is 7.86. The van der Waals surface area contributed by atoms with E-state index < -0.39 is 0 Å². The van der Waals surface area contributed by atoms with Gasteiger partial charge in [0.25, 0.3) is 0 Å². The van der Waals surface area contributed by atoms with Gasteiger partial charge < -0.3 is 5.32 Å². The van der Waals surface area contributed by atoms with Crippen molar-refractivity contribution in [3.63, 3.8) is 0 Å². The Labute approximate surface area is 127 Å². The molecule has 4 bridgehead atoms. The molecule has 4 fully saturated rings. The Balaban J connectivity index is 1.39. The van der Waals surface area contributed by atoms with E-state index in [9.17, 15) is 4.39 Å². The van der Waals surface area contributed by atoms with Crippen LogP contribution in [0.25, 0.3) is 0 Å². The summed E-state index contributed by atoms with van der Waals surface area (Å²) in [5.74, 6) is 3.77. The number of nitrogens with one attached hydrogen (secondary N) is 1. The second kappa shape index (κ2) is 5.39. The van der Waals surface area contributed by atoms with E-state index >= 15 is 0 Å². The first-order valence-corrected chi connectivity index (χ1v) is 8.68. The quantitative estimate of drug-likeness (QED) is 0.876. The molecule has 4 saturated carbocycles. The van der Waals surface area contributed by atoms with Crippen molar-refractivity contribution < 1.29 is 4.39 Å². The third-order valence-corrected chi connectivity index (χ3v) is 6.13. The summed E-state index contributed by atoms with van der Waals surface area (Å²) in [5.41, 5.74) is 1.11. The fourth-order valence-corrected chi connectivity index (χ4v) is 5.60. The van der Waals surface area contributed by atoms with Gasteiger partial charge in [-0.25, -0.2) is 4.39 Å². The van der Waals surface area contributed by atoms with E-state index in [1.54, 1.807) is 6.07 Å². The molecule has 0 radical (unpaired) electrons. The molecular formula is C19H26FN. The van der Waals surface area contributed by atoms with Gasteiger partial charge in [-0.15, -0.1) is 0 Å². The summed E-state index contributed by atoms with van der Waals surface area (Å²) in [4.78, 5) is 0. The van der Waals surface area contributed by atoms with Crippen LogP contribution in [0.3, 0.4) is 0 Å². The Morgan fingerprint density at radius 1 is 1.10 bits per heavy atom. The molecule has 0 saturated heterocycles. The van der Waals surface area contributed by atoms with Crippen molar-refractivity contribution >= 4 is 0 Å². The summed E-state index contributed by atoms with van der Waals surface area (Å²) in [5, 5.41) is 3.91. The lowest BCUT2D eigenvalue weighted by atomic mass is 9.54. The monoisotopic (exact) mass is 287 g/mol. The summed E-state index contributed by atoms with van der Waals surface area (Å²) in [6, 6.07) is 8.23. The van der Waals surface area contributed by atoms with E-state index in [-0.39, 0.29) is 5.82 Å². The van der Waals surface area contributed by atoms with Crippen LogP contribution in [-0.4, -0.2) is 12.1 Å². The minimum atomic E-state index is -0.116. The fourth-order valence-electron chi connectivity index (χ4n) is 5.60. The van der Waals surface area contributed by atoms with Crippen LogP contribution in [0.2, 0.25) is 0 Å². The lowest BCUT2D eigenvalue weighted by Gasteiger charge is -2.55. The smallest absolute Gasteiger partial charge is 0.123 e. The molecule has 2 heteroatoms. The zero-order valence-electron chi connectivity index (χ0n) is 12.9. The van der Waals surface area contributed by atoms with Gasteiger partial charge in [0.1, 0.15) is 5.82 Å². The first kappa shape index (κ1) is 13.8. The Morgan fingerprint density at radius 2 is 1.76 bits per heavy atom. The zero-order chi connectivity index (χ0) is 14.4. The third-order valence-electron chi connectivity index (χ3n) is 6.13. The molecular weight excluding hydrogens is 261 g/mol. The first-order valence-electron chi connectivity index (χ1n) is 8.68. The van der Waals surface area contributed by atoms with E-state index in [1.165, 1.54) is 38.2 Å². The van der Waals surface area contributed by atoms with Gasteiger partial charge in [-0.1, -0.05) is 12.1 Å². The zero-order valence-corrected chi connectivity index (χ0v) is 12.9. The Morgan fingerprint density at radius 3 is 2.38 bits per heavy atom. The highest BCUT2D eigenvalue weighted by molar-refractivity contribution is 5.17. The van der Waals surface area contributed by atoms with E-state index in [0.29, 0.717) is 6.04 Å². The van der Waals surface area contributed by atoms with E-state index in [0.717, 1.165) is 41.7 Å². The highest BCUT2D eigenvalue weighted by Gasteiger charge is 2.48. The average Bonchev–Trinajstić information content (AvgIpc) is 2.42. The summed E-state index contributed by atoms with van der Waals surface area (Å²) < 4.78 is 13.3. The molecule has 5 rings (SSSR count).